The van der Waals surface area contributed by atoms with Crippen LogP contribution in [0.4, 0.5) is 0 Å². The van der Waals surface area contributed by atoms with Crippen molar-refractivity contribution in [1.29, 1.82) is 0 Å². The lowest BCUT2D eigenvalue weighted by Gasteiger charge is -2.27. The molecular weight excluding hydrogens is 510 g/mol. The number of hydrogen-bond donors (Lipinski definition) is 6. The minimum atomic E-state index is -1.15. The molecule has 10 nitrogen and oxygen atoms in total. The summed E-state index contributed by atoms with van der Waals surface area (Å²) in [5.41, 5.74) is 13.2. The van der Waals surface area contributed by atoms with Crippen molar-refractivity contribution in [3.05, 3.63) is 71.8 Å². The van der Waals surface area contributed by atoms with Gasteiger partial charge in [0.15, 0.2) is 0 Å². The molecule has 0 aliphatic carbocycles. The highest BCUT2D eigenvalue weighted by Gasteiger charge is 2.32. The second kappa shape index (κ2) is 17.0. The van der Waals surface area contributed by atoms with Crippen molar-refractivity contribution in [2.45, 2.75) is 76.5 Å². The maximum atomic E-state index is 13.6. The summed E-state index contributed by atoms with van der Waals surface area (Å²) >= 11 is 0. The smallest absolute Gasteiger partial charge is 0.326 e. The number of nitrogens with one attached hydrogen (secondary N) is 3. The number of nitrogens with two attached hydrogens (primary N) is 2. The van der Waals surface area contributed by atoms with Crippen molar-refractivity contribution in [3.8, 4) is 0 Å². The fourth-order valence-electron chi connectivity index (χ4n) is 4.25. The van der Waals surface area contributed by atoms with Crippen molar-refractivity contribution >= 4 is 23.7 Å². The summed E-state index contributed by atoms with van der Waals surface area (Å²) in [7, 11) is 0. The van der Waals surface area contributed by atoms with Gasteiger partial charge in [0, 0.05) is 12.8 Å². The highest BCUT2D eigenvalue weighted by molar-refractivity contribution is 5.94. The molecule has 0 saturated carbocycles. The third-order valence-corrected chi connectivity index (χ3v) is 6.91. The van der Waals surface area contributed by atoms with Gasteiger partial charge in [-0.25, -0.2) is 4.79 Å². The van der Waals surface area contributed by atoms with Gasteiger partial charge in [0.1, 0.15) is 18.1 Å². The predicted octanol–water partition coefficient (Wildman–Crippen LogP) is 1.51. The standard InChI is InChI=1S/C30H43N5O5/c1-3-20(2)26(30(39)40)35-29(38)25(19-22-14-8-5-9-15-22)34-28(37)24(18-21-12-6-4-7-13-21)33-27(36)23(32)16-10-11-17-31/h4-9,12-15,20,23-26H,3,10-11,16-19,31-32H2,1-2H3,(H,33,36)(H,34,37)(H,35,38)(H,39,40). The van der Waals surface area contributed by atoms with E-state index in [4.69, 9.17) is 11.5 Å². The zero-order valence-corrected chi connectivity index (χ0v) is 23.3. The van der Waals surface area contributed by atoms with Crippen LogP contribution in [0, 0.1) is 5.92 Å². The number of unbranched alkanes of at least 4 members (excludes halogenated alkanes) is 1. The molecule has 5 atom stereocenters. The second-order valence-corrected chi connectivity index (χ2v) is 10.1. The number of carbonyl (C=O) groups is 4. The quantitative estimate of drug-likeness (QED) is 0.161. The summed E-state index contributed by atoms with van der Waals surface area (Å²) < 4.78 is 0. The van der Waals surface area contributed by atoms with E-state index < -0.39 is 47.9 Å². The van der Waals surface area contributed by atoms with E-state index in [0.717, 1.165) is 17.5 Å². The lowest BCUT2D eigenvalue weighted by atomic mass is 9.97. The van der Waals surface area contributed by atoms with E-state index in [1.165, 1.54) is 0 Å². The van der Waals surface area contributed by atoms with Gasteiger partial charge in [-0.2, -0.15) is 0 Å². The van der Waals surface area contributed by atoms with E-state index >= 15 is 0 Å². The van der Waals surface area contributed by atoms with Crippen LogP contribution in [0.25, 0.3) is 0 Å². The van der Waals surface area contributed by atoms with E-state index in [1.807, 2.05) is 67.6 Å². The number of benzene rings is 2. The van der Waals surface area contributed by atoms with E-state index in [9.17, 15) is 24.3 Å². The molecule has 2 aromatic rings. The highest BCUT2D eigenvalue weighted by Crippen LogP contribution is 2.11. The Morgan fingerprint density at radius 3 is 1.70 bits per heavy atom. The fourth-order valence-corrected chi connectivity index (χ4v) is 4.25. The zero-order valence-electron chi connectivity index (χ0n) is 23.3. The van der Waals surface area contributed by atoms with Crippen LogP contribution >= 0.6 is 0 Å². The van der Waals surface area contributed by atoms with Crippen molar-refractivity contribution in [2.75, 3.05) is 6.54 Å². The molecule has 0 aromatic heterocycles. The Morgan fingerprint density at radius 2 is 1.25 bits per heavy atom. The number of carbonyl (C=O) groups excluding carboxylic acids is 3. The van der Waals surface area contributed by atoms with E-state index in [0.29, 0.717) is 25.8 Å². The van der Waals surface area contributed by atoms with Gasteiger partial charge in [0.25, 0.3) is 0 Å². The molecule has 0 saturated heterocycles. The van der Waals surface area contributed by atoms with Gasteiger partial charge in [-0.05, 0) is 36.4 Å². The van der Waals surface area contributed by atoms with Crippen LogP contribution in [0.5, 0.6) is 0 Å². The number of carboxylic acids is 1. The minimum Gasteiger partial charge on any atom is -0.480 e. The molecule has 2 aromatic carbocycles. The van der Waals surface area contributed by atoms with Crippen molar-refractivity contribution < 1.29 is 24.3 Å². The van der Waals surface area contributed by atoms with Gasteiger partial charge < -0.3 is 32.5 Å². The molecular formula is C30H43N5O5. The van der Waals surface area contributed by atoms with Gasteiger partial charge in [0.2, 0.25) is 17.7 Å². The molecule has 0 heterocycles. The molecule has 40 heavy (non-hydrogen) atoms. The van der Waals surface area contributed by atoms with Crippen molar-refractivity contribution in [3.63, 3.8) is 0 Å². The Kier molecular flexibility index (Phi) is 13.8. The largest absolute Gasteiger partial charge is 0.480 e. The first-order chi connectivity index (χ1) is 19.2. The summed E-state index contributed by atoms with van der Waals surface area (Å²) in [5, 5.41) is 17.8. The molecule has 10 heteroatoms. The molecule has 8 N–H and O–H groups in total. The molecule has 0 radical (unpaired) electrons. The molecule has 218 valence electrons. The fraction of sp³-hybridized carbons (Fsp3) is 0.467. The van der Waals surface area contributed by atoms with Crippen LogP contribution in [0.2, 0.25) is 0 Å². The molecule has 0 spiro atoms. The SMILES string of the molecule is CCC(C)C(NC(=O)C(Cc1ccccc1)NC(=O)C(Cc1ccccc1)NC(=O)C(N)CCCCN)C(=O)O. The van der Waals surface area contributed by atoms with Crippen LogP contribution in [0.15, 0.2) is 60.7 Å². The van der Waals surface area contributed by atoms with Crippen LogP contribution in [-0.2, 0) is 32.0 Å². The Hall–Kier alpha value is -3.76. The maximum Gasteiger partial charge on any atom is 0.326 e. The van der Waals surface area contributed by atoms with E-state index in [1.54, 1.807) is 6.92 Å². The second-order valence-electron chi connectivity index (χ2n) is 10.1. The Labute approximate surface area is 236 Å². The van der Waals surface area contributed by atoms with Gasteiger partial charge in [-0.3, -0.25) is 14.4 Å². The molecule has 5 unspecified atom stereocenters. The summed E-state index contributed by atoms with van der Waals surface area (Å²) in [5.74, 6) is -3.13. The number of carboxylic acid groups (broad SMARTS) is 1. The number of rotatable bonds is 17. The molecule has 0 fully saturated rings. The summed E-state index contributed by atoms with van der Waals surface area (Å²) in [6.07, 6.45) is 2.70. The third-order valence-electron chi connectivity index (χ3n) is 6.91. The number of hydrogen-bond acceptors (Lipinski definition) is 6. The first-order valence-electron chi connectivity index (χ1n) is 13.8. The van der Waals surface area contributed by atoms with Crippen LogP contribution < -0.4 is 27.4 Å². The van der Waals surface area contributed by atoms with E-state index in [2.05, 4.69) is 16.0 Å². The monoisotopic (exact) mass is 553 g/mol. The zero-order chi connectivity index (χ0) is 29.5. The van der Waals surface area contributed by atoms with E-state index in [-0.39, 0.29) is 18.8 Å². The average Bonchev–Trinajstić information content (AvgIpc) is 2.95. The van der Waals surface area contributed by atoms with Crippen LogP contribution in [-0.4, -0.2) is 59.5 Å². The maximum absolute atomic E-state index is 13.6. The van der Waals surface area contributed by atoms with Crippen LogP contribution in [0.3, 0.4) is 0 Å². The van der Waals surface area contributed by atoms with Gasteiger partial charge in [0.05, 0.1) is 6.04 Å². The van der Waals surface area contributed by atoms with Gasteiger partial charge in [-0.1, -0.05) is 87.4 Å². The molecule has 0 aliphatic rings. The first-order valence-corrected chi connectivity index (χ1v) is 13.8. The molecule has 2 rings (SSSR count). The summed E-state index contributed by atoms with van der Waals surface area (Å²) in [6.45, 7) is 4.08. The lowest BCUT2D eigenvalue weighted by Crippen LogP contribution is -2.58. The number of aliphatic carboxylic acids is 1. The Balaban J connectivity index is 2.28. The topological polar surface area (TPSA) is 177 Å². The minimum absolute atomic E-state index is 0.135. The predicted molar refractivity (Wildman–Crippen MR) is 154 cm³/mol. The Morgan fingerprint density at radius 1 is 0.775 bits per heavy atom. The molecule has 0 bridgehead atoms. The molecule has 3 amide bonds. The van der Waals surface area contributed by atoms with Gasteiger partial charge in [-0.15, -0.1) is 0 Å². The highest BCUT2D eigenvalue weighted by atomic mass is 16.4. The summed E-state index contributed by atoms with van der Waals surface area (Å²) in [4.78, 5) is 51.7. The molecule has 0 aliphatic heterocycles. The van der Waals surface area contributed by atoms with Gasteiger partial charge >= 0.3 is 5.97 Å². The number of amides is 3. The summed E-state index contributed by atoms with van der Waals surface area (Å²) in [6, 6.07) is 14.3. The lowest BCUT2D eigenvalue weighted by molar-refractivity contribution is -0.143. The third kappa shape index (κ3) is 10.8. The van der Waals surface area contributed by atoms with Crippen molar-refractivity contribution in [2.24, 2.45) is 17.4 Å². The van der Waals surface area contributed by atoms with Crippen LogP contribution in [0.1, 0.15) is 50.7 Å². The van der Waals surface area contributed by atoms with Crippen molar-refractivity contribution in [1.82, 2.24) is 16.0 Å². The first kappa shape index (κ1) is 32.5. The normalized spacial score (nSPS) is 14.7. The average molecular weight is 554 g/mol. The Bertz CT molecular complexity index is 1080.